The largest absolute Gasteiger partial charge is 0.340 e. The van der Waals surface area contributed by atoms with Crippen LogP contribution in [0.3, 0.4) is 0 Å². The summed E-state index contributed by atoms with van der Waals surface area (Å²) in [6.45, 7) is 3.22. The lowest BCUT2D eigenvalue weighted by molar-refractivity contribution is 0.589. The van der Waals surface area contributed by atoms with E-state index in [-0.39, 0.29) is 0 Å². The van der Waals surface area contributed by atoms with Crippen molar-refractivity contribution in [2.45, 2.75) is 32.2 Å². The van der Waals surface area contributed by atoms with Crippen LogP contribution >= 0.6 is 0 Å². The van der Waals surface area contributed by atoms with Gasteiger partial charge in [-0.2, -0.15) is 0 Å². The summed E-state index contributed by atoms with van der Waals surface area (Å²) < 4.78 is 0. The smallest absolute Gasteiger partial charge is 0.177 e. The predicted molar refractivity (Wildman–Crippen MR) is 63.4 cm³/mol. The number of aromatic amines is 1. The van der Waals surface area contributed by atoms with Crippen LogP contribution in [0, 0.1) is 6.92 Å². The van der Waals surface area contributed by atoms with Crippen molar-refractivity contribution in [2.75, 3.05) is 6.54 Å². The summed E-state index contributed by atoms with van der Waals surface area (Å²) in [5.74, 6) is 1.05. The van der Waals surface area contributed by atoms with E-state index in [1.165, 1.54) is 18.4 Å². The zero-order valence-corrected chi connectivity index (χ0v) is 9.45. The van der Waals surface area contributed by atoms with Gasteiger partial charge in [-0.15, -0.1) is 0 Å². The number of imidazole rings is 1. The number of aromatic nitrogens is 3. The van der Waals surface area contributed by atoms with Gasteiger partial charge in [0, 0.05) is 18.7 Å². The summed E-state index contributed by atoms with van der Waals surface area (Å²) in [5, 5.41) is 3.48. The van der Waals surface area contributed by atoms with Gasteiger partial charge in [0.2, 0.25) is 0 Å². The molecule has 0 aromatic carbocycles. The molecule has 1 aliphatic heterocycles. The summed E-state index contributed by atoms with van der Waals surface area (Å²) in [6, 6.07) is 2.60. The van der Waals surface area contributed by atoms with Crippen LogP contribution in [-0.4, -0.2) is 27.5 Å². The lowest BCUT2D eigenvalue weighted by Crippen LogP contribution is -2.24. The molecule has 0 bridgehead atoms. The van der Waals surface area contributed by atoms with Crippen molar-refractivity contribution in [1.82, 2.24) is 20.3 Å². The van der Waals surface area contributed by atoms with Gasteiger partial charge in [-0.3, -0.25) is 0 Å². The first kappa shape index (κ1) is 9.78. The molecule has 1 fully saturated rings. The minimum Gasteiger partial charge on any atom is -0.340 e. The molecule has 0 saturated carbocycles. The number of pyridine rings is 1. The van der Waals surface area contributed by atoms with Crippen molar-refractivity contribution < 1.29 is 0 Å². The Balaban J connectivity index is 1.90. The second-order valence-electron chi connectivity index (χ2n) is 4.51. The number of rotatable bonds is 2. The van der Waals surface area contributed by atoms with Gasteiger partial charge in [-0.25, -0.2) is 9.97 Å². The first-order valence-electron chi connectivity index (χ1n) is 5.86. The van der Waals surface area contributed by atoms with E-state index in [0.29, 0.717) is 6.04 Å². The second kappa shape index (κ2) is 3.87. The molecule has 1 unspecified atom stereocenters. The highest BCUT2D eigenvalue weighted by Gasteiger charge is 2.16. The minimum atomic E-state index is 0.584. The Hall–Kier alpha value is -1.42. The van der Waals surface area contributed by atoms with Gasteiger partial charge in [0.1, 0.15) is 5.82 Å². The number of hydrogen-bond acceptors (Lipinski definition) is 3. The van der Waals surface area contributed by atoms with Crippen LogP contribution in [-0.2, 0) is 6.42 Å². The number of fused-ring (bicyclic) bond motifs is 1. The fourth-order valence-corrected chi connectivity index (χ4v) is 2.34. The molecular weight excluding hydrogens is 200 g/mol. The number of aryl methyl sites for hydroxylation is 1. The standard InChI is InChI=1S/C12H16N4/c1-8-4-6-14-12-11(8)15-10(16-12)7-9-3-2-5-13-9/h4,6,9,13H,2-3,5,7H2,1H3,(H,14,15,16). The average Bonchev–Trinajstić information content (AvgIpc) is 2.88. The third-order valence-corrected chi connectivity index (χ3v) is 3.25. The summed E-state index contributed by atoms with van der Waals surface area (Å²) in [4.78, 5) is 12.2. The maximum absolute atomic E-state index is 4.53. The van der Waals surface area contributed by atoms with E-state index in [9.17, 15) is 0 Å². The number of nitrogens with zero attached hydrogens (tertiary/aromatic N) is 2. The molecule has 1 atom stereocenters. The van der Waals surface area contributed by atoms with Gasteiger partial charge in [0.15, 0.2) is 5.65 Å². The first-order valence-corrected chi connectivity index (χ1v) is 5.86. The van der Waals surface area contributed by atoms with Crippen LogP contribution in [0.5, 0.6) is 0 Å². The van der Waals surface area contributed by atoms with Crippen LogP contribution in [0.2, 0.25) is 0 Å². The first-order chi connectivity index (χ1) is 7.83. The molecule has 0 aliphatic carbocycles. The molecule has 2 aromatic rings. The molecule has 2 N–H and O–H groups in total. The Bertz CT molecular complexity index is 497. The van der Waals surface area contributed by atoms with Crippen molar-refractivity contribution in [3.63, 3.8) is 0 Å². The fourth-order valence-electron chi connectivity index (χ4n) is 2.34. The van der Waals surface area contributed by atoms with Crippen LogP contribution in [0.15, 0.2) is 12.3 Å². The molecular formula is C12H16N4. The van der Waals surface area contributed by atoms with Crippen LogP contribution in [0.1, 0.15) is 24.2 Å². The van der Waals surface area contributed by atoms with E-state index >= 15 is 0 Å². The lowest BCUT2D eigenvalue weighted by Gasteiger charge is -2.06. The Morgan fingerprint density at radius 1 is 1.50 bits per heavy atom. The lowest BCUT2D eigenvalue weighted by atomic mass is 10.1. The SMILES string of the molecule is Cc1ccnc2nc(CC3CCCN3)[nH]c12. The van der Waals surface area contributed by atoms with Gasteiger partial charge in [-0.1, -0.05) is 0 Å². The maximum atomic E-state index is 4.53. The van der Waals surface area contributed by atoms with E-state index in [2.05, 4.69) is 27.2 Å². The molecule has 2 aromatic heterocycles. The van der Waals surface area contributed by atoms with Gasteiger partial charge in [0.25, 0.3) is 0 Å². The molecule has 1 aliphatic rings. The number of H-pyrrole nitrogens is 1. The van der Waals surface area contributed by atoms with Crippen LogP contribution in [0.25, 0.3) is 11.2 Å². The number of hydrogen-bond donors (Lipinski definition) is 2. The molecule has 0 amide bonds. The van der Waals surface area contributed by atoms with E-state index in [1.54, 1.807) is 0 Å². The third-order valence-electron chi connectivity index (χ3n) is 3.25. The average molecular weight is 216 g/mol. The molecule has 3 rings (SSSR count). The summed E-state index contributed by atoms with van der Waals surface area (Å²) in [5.41, 5.74) is 3.13. The molecule has 84 valence electrons. The molecule has 4 heteroatoms. The summed E-state index contributed by atoms with van der Waals surface area (Å²) in [6.07, 6.45) is 5.33. The Labute approximate surface area is 94.5 Å². The van der Waals surface area contributed by atoms with E-state index in [4.69, 9.17) is 0 Å². The monoisotopic (exact) mass is 216 g/mol. The molecule has 4 nitrogen and oxygen atoms in total. The Morgan fingerprint density at radius 2 is 2.44 bits per heavy atom. The fraction of sp³-hybridized carbons (Fsp3) is 0.500. The van der Waals surface area contributed by atoms with Crippen LogP contribution in [0.4, 0.5) is 0 Å². The van der Waals surface area contributed by atoms with Gasteiger partial charge < -0.3 is 10.3 Å². The van der Waals surface area contributed by atoms with Gasteiger partial charge >= 0.3 is 0 Å². The molecule has 1 saturated heterocycles. The highest BCUT2D eigenvalue weighted by molar-refractivity contribution is 5.74. The Kier molecular flexibility index (Phi) is 2.36. The highest BCUT2D eigenvalue weighted by Crippen LogP contribution is 2.15. The zero-order chi connectivity index (χ0) is 11.0. The van der Waals surface area contributed by atoms with Crippen molar-refractivity contribution in [3.8, 4) is 0 Å². The Morgan fingerprint density at radius 3 is 3.19 bits per heavy atom. The van der Waals surface area contributed by atoms with Crippen molar-refractivity contribution in [3.05, 3.63) is 23.7 Å². The number of nitrogens with one attached hydrogen (secondary N) is 2. The molecule has 0 radical (unpaired) electrons. The predicted octanol–water partition coefficient (Wildman–Crippen LogP) is 1.56. The summed E-state index contributed by atoms with van der Waals surface area (Å²) in [7, 11) is 0. The van der Waals surface area contributed by atoms with Gasteiger partial charge in [-0.05, 0) is 37.9 Å². The zero-order valence-electron chi connectivity index (χ0n) is 9.45. The molecule has 0 spiro atoms. The van der Waals surface area contributed by atoms with Crippen molar-refractivity contribution in [2.24, 2.45) is 0 Å². The normalized spacial score (nSPS) is 20.7. The van der Waals surface area contributed by atoms with E-state index in [1.807, 2.05) is 12.3 Å². The van der Waals surface area contributed by atoms with E-state index in [0.717, 1.165) is 30.0 Å². The summed E-state index contributed by atoms with van der Waals surface area (Å²) >= 11 is 0. The minimum absolute atomic E-state index is 0.584. The van der Waals surface area contributed by atoms with E-state index < -0.39 is 0 Å². The van der Waals surface area contributed by atoms with Crippen LogP contribution < -0.4 is 5.32 Å². The maximum Gasteiger partial charge on any atom is 0.177 e. The quantitative estimate of drug-likeness (QED) is 0.801. The second-order valence-corrected chi connectivity index (χ2v) is 4.51. The van der Waals surface area contributed by atoms with Gasteiger partial charge in [0.05, 0.1) is 5.52 Å². The highest BCUT2D eigenvalue weighted by atomic mass is 15.0. The van der Waals surface area contributed by atoms with Crippen molar-refractivity contribution in [1.29, 1.82) is 0 Å². The van der Waals surface area contributed by atoms with Crippen molar-refractivity contribution >= 4 is 11.2 Å². The topological polar surface area (TPSA) is 53.6 Å². The molecule has 16 heavy (non-hydrogen) atoms. The molecule has 3 heterocycles. The third kappa shape index (κ3) is 1.69.